The zero-order valence-electron chi connectivity index (χ0n) is 22.2. The predicted molar refractivity (Wildman–Crippen MR) is 159 cm³/mol. The monoisotopic (exact) mass is 552 g/mol. The highest BCUT2D eigenvalue weighted by Crippen LogP contribution is 2.29. The minimum atomic E-state index is -3.96. The van der Waals surface area contributed by atoms with Crippen LogP contribution in [0.2, 0.25) is 0 Å². The van der Waals surface area contributed by atoms with Gasteiger partial charge in [-0.1, -0.05) is 91.0 Å². The molecule has 40 heavy (non-hydrogen) atoms. The van der Waals surface area contributed by atoms with Crippen LogP contribution in [-0.2, 0) is 23.1 Å². The summed E-state index contributed by atoms with van der Waals surface area (Å²) in [7, 11) is -3.96. The molecule has 1 aliphatic rings. The molecule has 7 nitrogen and oxygen atoms in total. The van der Waals surface area contributed by atoms with Crippen LogP contribution in [0.15, 0.2) is 125 Å². The van der Waals surface area contributed by atoms with Gasteiger partial charge in [-0.05, 0) is 35.4 Å². The van der Waals surface area contributed by atoms with Crippen molar-refractivity contribution in [3.63, 3.8) is 0 Å². The lowest BCUT2D eigenvalue weighted by Gasteiger charge is -2.28. The third kappa shape index (κ3) is 6.65. The number of piperidine rings is 1. The average molecular weight is 553 g/mol. The maximum Gasteiger partial charge on any atom is 0.273 e. The summed E-state index contributed by atoms with van der Waals surface area (Å²) in [6.07, 6.45) is 1.52. The van der Waals surface area contributed by atoms with Crippen LogP contribution in [0.5, 0.6) is 0 Å². The number of para-hydroxylation sites is 1. The molecule has 4 aromatic rings. The van der Waals surface area contributed by atoms with Crippen molar-refractivity contribution in [2.75, 3.05) is 17.4 Å². The molecular weight excluding hydrogens is 520 g/mol. The van der Waals surface area contributed by atoms with Gasteiger partial charge in [-0.2, -0.15) is 5.10 Å². The predicted octanol–water partition coefficient (Wildman–Crippen LogP) is 5.46. The highest BCUT2D eigenvalue weighted by atomic mass is 32.2. The molecule has 0 atom stereocenters. The summed E-state index contributed by atoms with van der Waals surface area (Å²) in [6.45, 7) is 2.69. The first-order valence-corrected chi connectivity index (χ1v) is 14.8. The van der Waals surface area contributed by atoms with E-state index in [1.807, 2.05) is 48.5 Å². The fourth-order valence-electron chi connectivity index (χ4n) is 4.76. The van der Waals surface area contributed by atoms with Gasteiger partial charge in [-0.15, -0.1) is 0 Å². The Morgan fingerprint density at radius 3 is 1.95 bits per heavy atom. The molecule has 4 aromatic carbocycles. The molecule has 0 saturated carbocycles. The number of rotatable bonds is 9. The van der Waals surface area contributed by atoms with Crippen molar-refractivity contribution in [3.05, 3.63) is 132 Å². The van der Waals surface area contributed by atoms with E-state index in [0.717, 1.165) is 43.8 Å². The normalized spacial score (nSPS) is 13.9. The molecule has 0 spiro atoms. The van der Waals surface area contributed by atoms with E-state index in [-0.39, 0.29) is 17.0 Å². The summed E-state index contributed by atoms with van der Waals surface area (Å²) in [4.78, 5) is 15.9. The molecule has 204 valence electrons. The Labute approximate surface area is 235 Å². The molecule has 1 aliphatic heterocycles. The van der Waals surface area contributed by atoms with Crippen LogP contribution in [0.25, 0.3) is 0 Å². The Bertz CT molecular complexity index is 1550. The number of sulfonamides is 1. The Kier molecular flexibility index (Phi) is 8.68. The molecule has 0 unspecified atom stereocenters. The van der Waals surface area contributed by atoms with Crippen LogP contribution < -0.4 is 9.73 Å². The van der Waals surface area contributed by atoms with E-state index in [9.17, 15) is 13.2 Å². The molecule has 5 rings (SSSR count). The van der Waals surface area contributed by atoms with Gasteiger partial charge in [-0.25, -0.2) is 13.8 Å². The Hall–Kier alpha value is -4.27. The van der Waals surface area contributed by atoms with Crippen molar-refractivity contribution in [2.45, 2.75) is 30.8 Å². The van der Waals surface area contributed by atoms with Crippen molar-refractivity contribution in [2.24, 2.45) is 5.10 Å². The molecule has 0 bridgehead atoms. The molecular formula is C32H32N4O3S. The highest BCUT2D eigenvalue weighted by Gasteiger charge is 2.28. The molecule has 0 radical (unpaired) electrons. The van der Waals surface area contributed by atoms with Gasteiger partial charge in [-0.3, -0.25) is 14.0 Å². The minimum absolute atomic E-state index is 0.0775. The number of hydrazone groups is 1. The quantitative estimate of drug-likeness (QED) is 0.280. The zero-order chi connectivity index (χ0) is 27.8. The zero-order valence-corrected chi connectivity index (χ0v) is 23.0. The summed E-state index contributed by atoms with van der Waals surface area (Å²) in [5, 5.41) is 4.43. The largest absolute Gasteiger partial charge is 0.298 e. The van der Waals surface area contributed by atoms with Crippen LogP contribution in [0, 0.1) is 0 Å². The lowest BCUT2D eigenvalue weighted by atomic mass is 10.1. The van der Waals surface area contributed by atoms with Crippen LogP contribution >= 0.6 is 0 Å². The standard InChI is InChI=1S/C32H32N4O3S/c37-32(34-33-28-20-22-35(23-21-28)24-26-12-4-1-5-13-26)30-18-10-11-19-31(30)36(25-27-14-6-2-7-15-27)40(38,39)29-16-8-3-9-17-29/h1-19H,20-25H2,(H,34,37). The molecule has 1 heterocycles. The van der Waals surface area contributed by atoms with Gasteiger partial charge in [0, 0.05) is 38.2 Å². The van der Waals surface area contributed by atoms with Gasteiger partial charge in [0.05, 0.1) is 22.7 Å². The smallest absolute Gasteiger partial charge is 0.273 e. The number of nitrogens with one attached hydrogen (secondary N) is 1. The van der Waals surface area contributed by atoms with Crippen molar-refractivity contribution < 1.29 is 13.2 Å². The summed E-state index contributed by atoms with van der Waals surface area (Å²) in [6, 6.07) is 34.7. The molecule has 0 aliphatic carbocycles. The Morgan fingerprint density at radius 2 is 1.30 bits per heavy atom. The van der Waals surface area contributed by atoms with Gasteiger partial charge in [0.25, 0.3) is 15.9 Å². The second kappa shape index (κ2) is 12.7. The first-order valence-electron chi connectivity index (χ1n) is 13.3. The average Bonchev–Trinajstić information content (AvgIpc) is 3.01. The topological polar surface area (TPSA) is 82.1 Å². The highest BCUT2D eigenvalue weighted by molar-refractivity contribution is 7.92. The maximum atomic E-state index is 13.8. The van der Waals surface area contributed by atoms with Crippen molar-refractivity contribution in [1.82, 2.24) is 10.3 Å². The minimum Gasteiger partial charge on any atom is -0.298 e. The number of nitrogens with zero attached hydrogens (tertiary/aromatic N) is 3. The molecule has 1 N–H and O–H groups in total. The number of amides is 1. The van der Waals surface area contributed by atoms with E-state index in [1.165, 1.54) is 9.87 Å². The third-order valence-corrected chi connectivity index (χ3v) is 8.69. The third-order valence-electron chi connectivity index (χ3n) is 6.92. The van der Waals surface area contributed by atoms with E-state index in [2.05, 4.69) is 27.6 Å². The van der Waals surface area contributed by atoms with Crippen molar-refractivity contribution in [3.8, 4) is 0 Å². The van der Waals surface area contributed by atoms with Gasteiger partial charge in [0.2, 0.25) is 0 Å². The van der Waals surface area contributed by atoms with Crippen LogP contribution in [0.4, 0.5) is 5.69 Å². The summed E-state index contributed by atoms with van der Waals surface area (Å²) in [5.74, 6) is -0.448. The number of anilines is 1. The molecule has 1 saturated heterocycles. The van der Waals surface area contributed by atoms with Crippen LogP contribution in [-0.4, -0.2) is 38.0 Å². The lowest BCUT2D eigenvalue weighted by molar-refractivity contribution is 0.0955. The fraction of sp³-hybridized carbons (Fsp3) is 0.188. The lowest BCUT2D eigenvalue weighted by Crippen LogP contribution is -2.35. The molecule has 1 amide bonds. The van der Waals surface area contributed by atoms with E-state index >= 15 is 0 Å². The van der Waals surface area contributed by atoms with E-state index < -0.39 is 15.9 Å². The van der Waals surface area contributed by atoms with E-state index in [0.29, 0.717) is 5.69 Å². The van der Waals surface area contributed by atoms with E-state index in [1.54, 1.807) is 54.6 Å². The Morgan fingerprint density at radius 1 is 0.750 bits per heavy atom. The second-order valence-corrected chi connectivity index (χ2v) is 11.6. The van der Waals surface area contributed by atoms with Crippen LogP contribution in [0.1, 0.15) is 34.3 Å². The van der Waals surface area contributed by atoms with Crippen LogP contribution in [0.3, 0.4) is 0 Å². The fourth-order valence-corrected chi connectivity index (χ4v) is 6.26. The van der Waals surface area contributed by atoms with Gasteiger partial charge in [0.15, 0.2) is 0 Å². The number of carbonyl (C=O) groups is 1. The summed E-state index contributed by atoms with van der Waals surface area (Å²) in [5.41, 5.74) is 6.23. The SMILES string of the molecule is O=C(NN=C1CCN(Cc2ccccc2)CC1)c1ccccc1N(Cc1ccccc1)S(=O)(=O)c1ccccc1. The first kappa shape index (κ1) is 27.3. The maximum absolute atomic E-state index is 13.8. The second-order valence-electron chi connectivity index (χ2n) is 9.71. The molecule has 8 heteroatoms. The van der Waals surface area contributed by atoms with Crippen molar-refractivity contribution in [1.29, 1.82) is 0 Å². The van der Waals surface area contributed by atoms with Gasteiger partial charge >= 0.3 is 0 Å². The molecule has 1 fully saturated rings. The van der Waals surface area contributed by atoms with E-state index in [4.69, 9.17) is 0 Å². The Balaban J connectivity index is 1.34. The van der Waals surface area contributed by atoms with Crippen molar-refractivity contribution >= 4 is 27.3 Å². The van der Waals surface area contributed by atoms with Gasteiger partial charge in [0.1, 0.15) is 0 Å². The number of benzene rings is 4. The number of carbonyl (C=O) groups excluding carboxylic acids is 1. The number of hydrogen-bond acceptors (Lipinski definition) is 5. The summed E-state index contributed by atoms with van der Waals surface area (Å²) < 4.78 is 29.0. The number of likely N-dealkylation sites (tertiary alicyclic amines) is 1. The number of hydrogen-bond donors (Lipinski definition) is 1. The molecule has 0 aromatic heterocycles. The van der Waals surface area contributed by atoms with Gasteiger partial charge < -0.3 is 0 Å². The first-order chi connectivity index (χ1) is 19.5. The summed E-state index contributed by atoms with van der Waals surface area (Å²) >= 11 is 0.